The zero-order valence-electron chi connectivity index (χ0n) is 18.6. The van der Waals surface area contributed by atoms with Crippen LogP contribution in [-0.4, -0.2) is 24.5 Å². The molecule has 2 aliphatic heterocycles. The zero-order valence-corrected chi connectivity index (χ0v) is 18.6. The second-order valence-corrected chi connectivity index (χ2v) is 8.22. The first-order valence-corrected chi connectivity index (χ1v) is 11.1. The highest BCUT2D eigenvalue weighted by Crippen LogP contribution is 2.48. The van der Waals surface area contributed by atoms with Gasteiger partial charge in [-0.25, -0.2) is 9.96 Å². The van der Waals surface area contributed by atoms with Gasteiger partial charge in [0.2, 0.25) is 5.91 Å². The molecule has 3 aromatic rings. The Morgan fingerprint density at radius 2 is 1.60 bits per heavy atom. The molecule has 180 valence electrons. The van der Waals surface area contributed by atoms with Crippen molar-refractivity contribution in [1.29, 1.82) is 0 Å². The van der Waals surface area contributed by atoms with Gasteiger partial charge in [-0.1, -0.05) is 30.3 Å². The second-order valence-electron chi connectivity index (χ2n) is 8.22. The molecule has 0 radical (unpaired) electrons. The number of halogens is 3. The predicted molar refractivity (Wildman–Crippen MR) is 122 cm³/mol. The Labute approximate surface area is 199 Å². The number of amides is 2. The third-order valence-electron chi connectivity index (χ3n) is 6.09. The number of hydroxylamine groups is 1. The van der Waals surface area contributed by atoms with Crippen molar-refractivity contribution in [2.24, 2.45) is 5.92 Å². The molecule has 2 fully saturated rings. The molecule has 0 spiro atoms. The van der Waals surface area contributed by atoms with E-state index in [1.807, 2.05) is 6.92 Å². The van der Waals surface area contributed by atoms with E-state index in [1.54, 1.807) is 54.6 Å². The number of anilines is 2. The van der Waals surface area contributed by atoms with Crippen LogP contribution in [0.5, 0.6) is 5.75 Å². The molecule has 0 N–H and O–H groups in total. The number of nitrogens with zero attached hydrogens (tertiary/aromatic N) is 2. The Morgan fingerprint density at radius 3 is 2.26 bits per heavy atom. The summed E-state index contributed by atoms with van der Waals surface area (Å²) < 4.78 is 45.8. The van der Waals surface area contributed by atoms with Gasteiger partial charge in [-0.3, -0.25) is 14.4 Å². The zero-order chi connectivity index (χ0) is 24.7. The molecular weight excluding hydrogens is 461 g/mol. The molecule has 2 saturated heterocycles. The number of carbonyl (C=O) groups excluding carboxylic acids is 2. The van der Waals surface area contributed by atoms with Crippen LogP contribution in [0, 0.1) is 5.92 Å². The number of rotatable bonds is 5. The summed E-state index contributed by atoms with van der Waals surface area (Å²) in [6.07, 6.45) is -5.73. The molecule has 9 heteroatoms. The minimum absolute atomic E-state index is 0.228. The molecule has 2 heterocycles. The minimum Gasteiger partial charge on any atom is -0.494 e. The Balaban J connectivity index is 1.56. The van der Waals surface area contributed by atoms with Crippen molar-refractivity contribution in [3.8, 4) is 5.75 Å². The number of carbonyl (C=O) groups is 2. The Hall–Kier alpha value is -3.85. The number of ether oxygens (including phenoxy) is 1. The van der Waals surface area contributed by atoms with Gasteiger partial charge in [0.15, 0.2) is 6.10 Å². The number of alkyl halides is 3. The van der Waals surface area contributed by atoms with E-state index in [1.165, 1.54) is 17.2 Å². The van der Waals surface area contributed by atoms with Crippen molar-refractivity contribution in [1.82, 2.24) is 0 Å². The summed E-state index contributed by atoms with van der Waals surface area (Å²) in [4.78, 5) is 33.9. The lowest BCUT2D eigenvalue weighted by molar-refractivity contribution is -0.137. The van der Waals surface area contributed by atoms with Crippen LogP contribution in [0.25, 0.3) is 0 Å². The normalized spacial score (nSPS) is 22.0. The molecule has 2 amide bonds. The van der Waals surface area contributed by atoms with Crippen molar-refractivity contribution < 1.29 is 32.3 Å². The first kappa shape index (κ1) is 22.9. The molecule has 6 nitrogen and oxygen atoms in total. The molecular formula is C26H21F3N2O4. The smallest absolute Gasteiger partial charge is 0.416 e. The maximum atomic E-state index is 13.6. The molecule has 0 aliphatic carbocycles. The Kier molecular flexibility index (Phi) is 5.72. The van der Waals surface area contributed by atoms with E-state index in [2.05, 4.69) is 0 Å². The van der Waals surface area contributed by atoms with Gasteiger partial charge in [-0.05, 0) is 61.0 Å². The average Bonchev–Trinajstić information content (AvgIpc) is 3.36. The number of para-hydroxylation sites is 1. The van der Waals surface area contributed by atoms with Crippen LogP contribution in [0.1, 0.15) is 24.1 Å². The van der Waals surface area contributed by atoms with Crippen LogP contribution in [0.4, 0.5) is 24.5 Å². The van der Waals surface area contributed by atoms with Crippen LogP contribution in [-0.2, 0) is 20.6 Å². The largest absolute Gasteiger partial charge is 0.494 e. The van der Waals surface area contributed by atoms with Gasteiger partial charge < -0.3 is 4.74 Å². The number of fused-ring (bicyclic) bond motifs is 1. The fourth-order valence-corrected chi connectivity index (χ4v) is 4.56. The van der Waals surface area contributed by atoms with Crippen LogP contribution >= 0.6 is 0 Å². The van der Waals surface area contributed by atoms with Gasteiger partial charge in [0.05, 0.1) is 29.6 Å². The van der Waals surface area contributed by atoms with Crippen LogP contribution in [0.2, 0.25) is 0 Å². The quantitative estimate of drug-likeness (QED) is 0.471. The van der Waals surface area contributed by atoms with Gasteiger partial charge in [-0.15, -0.1) is 0 Å². The summed E-state index contributed by atoms with van der Waals surface area (Å²) in [5, 5.41) is 1.37. The van der Waals surface area contributed by atoms with Crippen LogP contribution in [0.3, 0.4) is 0 Å². The van der Waals surface area contributed by atoms with Crippen molar-refractivity contribution in [2.45, 2.75) is 25.2 Å². The fourth-order valence-electron chi connectivity index (χ4n) is 4.56. The SMILES string of the molecule is CCOc1ccc(N2C(=O)[C@@H]3[C@@H](c4cccc(C(F)(F)F)c4)N(c4ccccc4)O[C@H]3C2=O)cc1. The summed E-state index contributed by atoms with van der Waals surface area (Å²) in [6, 6.07) is 19.0. The molecule has 2 aliphatic rings. The highest BCUT2D eigenvalue weighted by molar-refractivity contribution is 6.23. The standard InChI is InChI=1S/C26H21F3N2O4/c1-2-34-20-13-11-18(12-14-20)30-24(32)21-22(16-7-6-8-17(15-16)26(27,28)29)31(35-23(21)25(30)33)19-9-4-3-5-10-19/h3-15,21-23H,2H2,1H3/t21-,22-,23-/m1/s1. The molecule has 35 heavy (non-hydrogen) atoms. The van der Waals surface area contributed by atoms with Crippen molar-refractivity contribution in [3.63, 3.8) is 0 Å². The lowest BCUT2D eigenvalue weighted by Crippen LogP contribution is -2.37. The topological polar surface area (TPSA) is 59.1 Å². The number of hydrogen-bond acceptors (Lipinski definition) is 5. The predicted octanol–water partition coefficient (Wildman–Crippen LogP) is 5.16. The van der Waals surface area contributed by atoms with Gasteiger partial charge in [-0.2, -0.15) is 13.2 Å². The molecule has 0 unspecified atom stereocenters. The summed E-state index contributed by atoms with van der Waals surface area (Å²) in [5.74, 6) is -1.55. The lowest BCUT2D eigenvalue weighted by Gasteiger charge is -2.29. The summed E-state index contributed by atoms with van der Waals surface area (Å²) in [5.41, 5.74) is 0.255. The molecule has 0 bridgehead atoms. The molecule has 3 atom stereocenters. The van der Waals surface area contributed by atoms with Gasteiger partial charge in [0.1, 0.15) is 11.7 Å². The lowest BCUT2D eigenvalue weighted by atomic mass is 9.89. The van der Waals surface area contributed by atoms with E-state index in [0.29, 0.717) is 23.7 Å². The minimum atomic E-state index is -4.56. The van der Waals surface area contributed by atoms with Gasteiger partial charge >= 0.3 is 6.18 Å². The fraction of sp³-hybridized carbons (Fsp3) is 0.231. The number of imide groups is 1. The van der Waals surface area contributed by atoms with Gasteiger partial charge in [0.25, 0.3) is 5.91 Å². The average molecular weight is 482 g/mol. The maximum Gasteiger partial charge on any atom is 0.416 e. The molecule has 0 aromatic heterocycles. The van der Waals surface area contributed by atoms with E-state index in [-0.39, 0.29) is 5.56 Å². The van der Waals surface area contributed by atoms with E-state index < -0.39 is 41.6 Å². The molecule has 0 saturated carbocycles. The molecule has 3 aromatic carbocycles. The van der Waals surface area contributed by atoms with E-state index in [0.717, 1.165) is 17.0 Å². The number of hydrogen-bond donors (Lipinski definition) is 0. The van der Waals surface area contributed by atoms with Crippen molar-refractivity contribution in [3.05, 3.63) is 90.0 Å². The van der Waals surface area contributed by atoms with E-state index in [9.17, 15) is 22.8 Å². The molecule has 5 rings (SSSR count). The Bertz CT molecular complexity index is 1250. The van der Waals surface area contributed by atoms with E-state index in [4.69, 9.17) is 9.57 Å². The second kappa shape index (κ2) is 8.74. The third kappa shape index (κ3) is 4.01. The Morgan fingerprint density at radius 1 is 0.886 bits per heavy atom. The first-order chi connectivity index (χ1) is 16.8. The first-order valence-electron chi connectivity index (χ1n) is 11.1. The van der Waals surface area contributed by atoms with Crippen LogP contribution < -0.4 is 14.7 Å². The summed E-state index contributed by atoms with van der Waals surface area (Å²) in [7, 11) is 0. The summed E-state index contributed by atoms with van der Waals surface area (Å²) in [6.45, 7) is 2.30. The van der Waals surface area contributed by atoms with Gasteiger partial charge in [0, 0.05) is 0 Å². The maximum absolute atomic E-state index is 13.6. The van der Waals surface area contributed by atoms with E-state index >= 15 is 0 Å². The van der Waals surface area contributed by atoms with Crippen LogP contribution in [0.15, 0.2) is 78.9 Å². The number of benzene rings is 3. The highest BCUT2D eigenvalue weighted by Gasteiger charge is 2.60. The van der Waals surface area contributed by atoms with Crippen molar-refractivity contribution >= 4 is 23.2 Å². The third-order valence-corrected chi connectivity index (χ3v) is 6.09. The monoisotopic (exact) mass is 482 g/mol. The highest BCUT2D eigenvalue weighted by atomic mass is 19.4. The van der Waals surface area contributed by atoms with Crippen molar-refractivity contribution in [2.75, 3.05) is 16.6 Å². The summed E-state index contributed by atoms with van der Waals surface area (Å²) >= 11 is 0.